The third-order valence-corrected chi connectivity index (χ3v) is 4.95. The number of fused-ring (bicyclic) bond motifs is 1. The molecule has 0 aliphatic carbocycles. The molecule has 0 unspecified atom stereocenters. The van der Waals surface area contributed by atoms with Crippen molar-refractivity contribution in [2.24, 2.45) is 0 Å². The van der Waals surface area contributed by atoms with Crippen LogP contribution in [0.1, 0.15) is 12.8 Å². The van der Waals surface area contributed by atoms with Crippen molar-refractivity contribution in [2.75, 3.05) is 14.2 Å². The fourth-order valence-electron chi connectivity index (χ4n) is 3.27. The molecule has 0 aliphatic heterocycles. The van der Waals surface area contributed by atoms with Gasteiger partial charge in [-0.25, -0.2) is 0 Å². The summed E-state index contributed by atoms with van der Waals surface area (Å²) >= 11 is 0. The van der Waals surface area contributed by atoms with Crippen LogP contribution in [0.5, 0.6) is 17.2 Å². The minimum atomic E-state index is -0.704. The average Bonchev–Trinajstić information content (AvgIpc) is 3.31. The molecule has 0 fully saturated rings. The maximum atomic E-state index is 12.5. The van der Waals surface area contributed by atoms with Crippen LogP contribution in [0.3, 0.4) is 0 Å². The van der Waals surface area contributed by atoms with Crippen molar-refractivity contribution in [3.63, 3.8) is 0 Å². The van der Waals surface area contributed by atoms with Crippen LogP contribution in [0.4, 0.5) is 0 Å². The number of carbonyl (C=O) groups excluding carboxylic acids is 1. The highest BCUT2D eigenvalue weighted by Crippen LogP contribution is 2.31. The van der Waals surface area contributed by atoms with Gasteiger partial charge in [-0.15, -0.1) is 0 Å². The smallest absolute Gasteiger partial charge is 0.261 e. The number of rotatable bonds is 8. The summed E-state index contributed by atoms with van der Waals surface area (Å²) in [5.74, 6) is 2.19. The second kappa shape index (κ2) is 9.38. The van der Waals surface area contributed by atoms with E-state index in [0.29, 0.717) is 28.6 Å². The number of hydrogen-bond acceptors (Lipinski definition) is 7. The lowest BCUT2D eigenvalue weighted by Gasteiger charge is -2.15. The number of methoxy groups -OCH3 is 2. The molecule has 4 aromatic rings. The number of ether oxygens (including phenoxy) is 3. The van der Waals surface area contributed by atoms with Gasteiger partial charge in [0.15, 0.2) is 6.10 Å². The van der Waals surface area contributed by atoms with Crippen LogP contribution in [0.25, 0.3) is 22.2 Å². The molecular formula is C24H23N3O5. The SMILES string of the molecule is COc1ccc(-c2noc(CNC(=O)[C@@H](C)Oc3cccc4ccccc34)n2)c(OC)c1. The van der Waals surface area contributed by atoms with Crippen molar-refractivity contribution in [1.82, 2.24) is 15.5 Å². The molecule has 3 aromatic carbocycles. The van der Waals surface area contributed by atoms with Crippen LogP contribution in [0, 0.1) is 0 Å². The van der Waals surface area contributed by atoms with Crippen LogP contribution in [0.15, 0.2) is 65.2 Å². The van der Waals surface area contributed by atoms with Gasteiger partial charge in [0.05, 0.1) is 26.3 Å². The number of aromatic nitrogens is 2. The monoisotopic (exact) mass is 433 g/mol. The minimum absolute atomic E-state index is 0.0769. The molecule has 1 amide bonds. The summed E-state index contributed by atoms with van der Waals surface area (Å²) in [5.41, 5.74) is 0.655. The fourth-order valence-corrected chi connectivity index (χ4v) is 3.27. The number of amides is 1. The van der Waals surface area contributed by atoms with Gasteiger partial charge >= 0.3 is 0 Å². The predicted octanol–water partition coefficient (Wildman–Crippen LogP) is 3.99. The fraction of sp³-hybridized carbons (Fsp3) is 0.208. The van der Waals surface area contributed by atoms with Crippen LogP contribution < -0.4 is 19.5 Å². The van der Waals surface area contributed by atoms with Crippen LogP contribution in [-0.4, -0.2) is 36.4 Å². The first kappa shape index (κ1) is 21.2. The van der Waals surface area contributed by atoms with Crippen molar-refractivity contribution >= 4 is 16.7 Å². The predicted molar refractivity (Wildman–Crippen MR) is 119 cm³/mol. The number of nitrogens with one attached hydrogen (secondary N) is 1. The van der Waals surface area contributed by atoms with E-state index < -0.39 is 6.10 Å². The molecule has 8 heteroatoms. The van der Waals surface area contributed by atoms with Crippen molar-refractivity contribution in [3.05, 3.63) is 66.6 Å². The zero-order valence-corrected chi connectivity index (χ0v) is 18.0. The Balaban J connectivity index is 1.40. The Kier molecular flexibility index (Phi) is 6.21. The number of carbonyl (C=O) groups is 1. The Morgan fingerprint density at radius 2 is 1.84 bits per heavy atom. The lowest BCUT2D eigenvalue weighted by Crippen LogP contribution is -2.36. The highest BCUT2D eigenvalue weighted by atomic mass is 16.5. The first-order valence-corrected chi connectivity index (χ1v) is 10.1. The Labute approximate surface area is 185 Å². The van der Waals surface area contributed by atoms with E-state index in [0.717, 1.165) is 10.8 Å². The molecule has 0 spiro atoms. The highest BCUT2D eigenvalue weighted by molar-refractivity contribution is 5.89. The molecule has 0 saturated carbocycles. The normalized spacial score (nSPS) is 11.7. The van der Waals surface area contributed by atoms with E-state index in [9.17, 15) is 4.79 Å². The summed E-state index contributed by atoms with van der Waals surface area (Å²) in [6.45, 7) is 1.77. The zero-order chi connectivity index (χ0) is 22.5. The van der Waals surface area contributed by atoms with Gasteiger partial charge in [0, 0.05) is 11.5 Å². The summed E-state index contributed by atoms with van der Waals surface area (Å²) in [6.07, 6.45) is -0.704. The van der Waals surface area contributed by atoms with Gasteiger partial charge in [0.1, 0.15) is 17.2 Å². The van der Waals surface area contributed by atoms with Crippen LogP contribution >= 0.6 is 0 Å². The lowest BCUT2D eigenvalue weighted by atomic mass is 10.1. The molecule has 1 aromatic heterocycles. The summed E-state index contributed by atoms with van der Waals surface area (Å²) in [6, 6.07) is 18.9. The van der Waals surface area contributed by atoms with Gasteiger partial charge in [-0.3, -0.25) is 4.79 Å². The number of hydrogen-bond donors (Lipinski definition) is 1. The maximum absolute atomic E-state index is 12.5. The van der Waals surface area contributed by atoms with E-state index in [4.69, 9.17) is 18.7 Å². The van der Waals surface area contributed by atoms with Gasteiger partial charge in [-0.2, -0.15) is 4.98 Å². The lowest BCUT2D eigenvalue weighted by molar-refractivity contribution is -0.127. The topological polar surface area (TPSA) is 95.7 Å². The van der Waals surface area contributed by atoms with E-state index in [2.05, 4.69) is 15.5 Å². The van der Waals surface area contributed by atoms with Gasteiger partial charge in [-0.05, 0) is 30.5 Å². The van der Waals surface area contributed by atoms with Gasteiger partial charge in [0.25, 0.3) is 5.91 Å². The van der Waals surface area contributed by atoms with Crippen molar-refractivity contribution in [2.45, 2.75) is 19.6 Å². The maximum Gasteiger partial charge on any atom is 0.261 e. The molecule has 0 radical (unpaired) electrons. The molecule has 1 atom stereocenters. The summed E-state index contributed by atoms with van der Waals surface area (Å²) in [5, 5.41) is 8.75. The highest BCUT2D eigenvalue weighted by Gasteiger charge is 2.18. The first-order chi connectivity index (χ1) is 15.6. The average molecular weight is 433 g/mol. The van der Waals surface area contributed by atoms with E-state index in [1.807, 2.05) is 42.5 Å². The largest absolute Gasteiger partial charge is 0.497 e. The van der Waals surface area contributed by atoms with Crippen molar-refractivity contribution < 1.29 is 23.5 Å². The van der Waals surface area contributed by atoms with Crippen LogP contribution in [-0.2, 0) is 11.3 Å². The minimum Gasteiger partial charge on any atom is -0.497 e. The van der Waals surface area contributed by atoms with Gasteiger partial charge in [0.2, 0.25) is 11.7 Å². The third kappa shape index (κ3) is 4.49. The van der Waals surface area contributed by atoms with Gasteiger partial charge < -0.3 is 24.1 Å². The van der Waals surface area contributed by atoms with Crippen molar-refractivity contribution in [3.8, 4) is 28.6 Å². The molecule has 32 heavy (non-hydrogen) atoms. The van der Waals surface area contributed by atoms with E-state index in [1.165, 1.54) is 0 Å². The van der Waals surface area contributed by atoms with Gasteiger partial charge in [-0.1, -0.05) is 41.6 Å². The molecule has 0 bridgehead atoms. The molecule has 0 aliphatic rings. The Morgan fingerprint density at radius 1 is 1.03 bits per heavy atom. The molecule has 0 saturated heterocycles. The second-order valence-corrected chi connectivity index (χ2v) is 7.03. The molecule has 1 heterocycles. The van der Waals surface area contributed by atoms with Crippen molar-refractivity contribution in [1.29, 1.82) is 0 Å². The summed E-state index contributed by atoms with van der Waals surface area (Å²) in [7, 11) is 3.13. The molecule has 1 N–H and O–H groups in total. The Bertz CT molecular complexity index is 1230. The number of nitrogens with zero attached hydrogens (tertiary/aromatic N) is 2. The quantitative estimate of drug-likeness (QED) is 0.449. The van der Waals surface area contributed by atoms with Crippen LogP contribution in [0.2, 0.25) is 0 Å². The molecule has 4 rings (SSSR count). The molecule has 8 nitrogen and oxygen atoms in total. The molecule has 164 valence electrons. The van der Waals surface area contributed by atoms with E-state index in [-0.39, 0.29) is 18.3 Å². The molecular weight excluding hydrogens is 410 g/mol. The first-order valence-electron chi connectivity index (χ1n) is 10.1. The number of benzene rings is 3. The van der Waals surface area contributed by atoms with E-state index >= 15 is 0 Å². The summed E-state index contributed by atoms with van der Waals surface area (Å²) < 4.78 is 21.8. The standard InChI is InChI=1S/C24H23N3O5/c1-15(31-20-10-6-8-16-7-4-5-9-18(16)20)24(28)25-14-22-26-23(27-32-22)19-12-11-17(29-2)13-21(19)30-3/h4-13,15H,14H2,1-3H3,(H,25,28)/t15-/m1/s1. The second-order valence-electron chi connectivity index (χ2n) is 7.03. The third-order valence-electron chi connectivity index (χ3n) is 4.95. The Morgan fingerprint density at radius 3 is 2.66 bits per heavy atom. The Hall–Kier alpha value is -4.07. The summed E-state index contributed by atoms with van der Waals surface area (Å²) in [4.78, 5) is 16.9. The zero-order valence-electron chi connectivity index (χ0n) is 18.0. The van der Waals surface area contributed by atoms with E-state index in [1.54, 1.807) is 39.3 Å².